The SMILES string of the molecule is O=C(O)C[C@@H]1CC[C@@H](CO)C1. The normalized spacial score (nSPS) is 30.6. The maximum Gasteiger partial charge on any atom is 0.303 e. The molecule has 1 aliphatic rings. The highest BCUT2D eigenvalue weighted by Gasteiger charge is 2.25. The molecule has 0 saturated heterocycles. The Bertz CT molecular complexity index is 144. The van der Waals surface area contributed by atoms with Crippen molar-refractivity contribution in [2.45, 2.75) is 25.7 Å². The molecule has 11 heavy (non-hydrogen) atoms. The number of hydrogen-bond acceptors (Lipinski definition) is 2. The number of carbonyl (C=O) groups is 1. The van der Waals surface area contributed by atoms with Gasteiger partial charge in [-0.1, -0.05) is 0 Å². The Hall–Kier alpha value is -0.570. The van der Waals surface area contributed by atoms with Crippen molar-refractivity contribution in [2.24, 2.45) is 11.8 Å². The third-order valence-corrected chi connectivity index (χ3v) is 2.37. The monoisotopic (exact) mass is 158 g/mol. The van der Waals surface area contributed by atoms with Crippen LogP contribution in [0.15, 0.2) is 0 Å². The fourth-order valence-corrected chi connectivity index (χ4v) is 1.78. The van der Waals surface area contributed by atoms with Crippen LogP contribution in [-0.4, -0.2) is 22.8 Å². The third-order valence-electron chi connectivity index (χ3n) is 2.37. The zero-order valence-electron chi connectivity index (χ0n) is 6.49. The molecular weight excluding hydrogens is 144 g/mol. The van der Waals surface area contributed by atoms with E-state index >= 15 is 0 Å². The van der Waals surface area contributed by atoms with E-state index < -0.39 is 5.97 Å². The van der Waals surface area contributed by atoms with Gasteiger partial charge in [0.2, 0.25) is 0 Å². The van der Waals surface area contributed by atoms with Gasteiger partial charge in [0.25, 0.3) is 0 Å². The van der Waals surface area contributed by atoms with E-state index in [0.29, 0.717) is 11.8 Å². The van der Waals surface area contributed by atoms with E-state index in [4.69, 9.17) is 10.2 Å². The minimum atomic E-state index is -0.714. The zero-order chi connectivity index (χ0) is 8.27. The first-order chi connectivity index (χ1) is 5.22. The van der Waals surface area contributed by atoms with Gasteiger partial charge in [-0.2, -0.15) is 0 Å². The number of aliphatic hydroxyl groups excluding tert-OH is 1. The molecule has 1 saturated carbocycles. The van der Waals surface area contributed by atoms with Gasteiger partial charge in [-0.05, 0) is 31.1 Å². The third kappa shape index (κ3) is 2.50. The summed E-state index contributed by atoms with van der Waals surface area (Å²) in [5.74, 6) is -0.0439. The number of carboxylic acid groups (broad SMARTS) is 1. The fraction of sp³-hybridized carbons (Fsp3) is 0.875. The minimum Gasteiger partial charge on any atom is -0.481 e. The van der Waals surface area contributed by atoms with Gasteiger partial charge < -0.3 is 10.2 Å². The van der Waals surface area contributed by atoms with Crippen molar-refractivity contribution >= 4 is 5.97 Å². The van der Waals surface area contributed by atoms with Crippen LogP contribution in [-0.2, 0) is 4.79 Å². The first-order valence-electron chi connectivity index (χ1n) is 4.05. The molecule has 0 radical (unpaired) electrons. The molecule has 3 heteroatoms. The summed E-state index contributed by atoms with van der Waals surface area (Å²) < 4.78 is 0. The predicted molar refractivity (Wildman–Crippen MR) is 40.2 cm³/mol. The van der Waals surface area contributed by atoms with Crippen LogP contribution in [0.25, 0.3) is 0 Å². The Kier molecular flexibility index (Phi) is 2.88. The largest absolute Gasteiger partial charge is 0.481 e. The Labute approximate surface area is 66.0 Å². The van der Waals surface area contributed by atoms with E-state index in [0.717, 1.165) is 19.3 Å². The van der Waals surface area contributed by atoms with E-state index in [2.05, 4.69) is 0 Å². The van der Waals surface area contributed by atoms with Gasteiger partial charge in [-0.3, -0.25) is 4.79 Å². The van der Waals surface area contributed by atoms with Gasteiger partial charge in [0.15, 0.2) is 0 Å². The number of carboxylic acids is 1. The van der Waals surface area contributed by atoms with Gasteiger partial charge in [0.05, 0.1) is 0 Å². The Morgan fingerprint density at radius 3 is 2.45 bits per heavy atom. The summed E-state index contributed by atoms with van der Waals surface area (Å²) in [5, 5.41) is 17.2. The van der Waals surface area contributed by atoms with Gasteiger partial charge in [0, 0.05) is 13.0 Å². The van der Waals surface area contributed by atoms with E-state index in [1.165, 1.54) is 0 Å². The molecule has 0 spiro atoms. The Balaban J connectivity index is 2.24. The average molecular weight is 158 g/mol. The first-order valence-corrected chi connectivity index (χ1v) is 4.05. The van der Waals surface area contributed by atoms with Gasteiger partial charge in [-0.25, -0.2) is 0 Å². The second-order valence-corrected chi connectivity index (χ2v) is 3.33. The van der Waals surface area contributed by atoms with Crippen LogP contribution in [0, 0.1) is 11.8 Å². The second-order valence-electron chi connectivity index (χ2n) is 3.33. The molecule has 1 rings (SSSR count). The molecule has 3 nitrogen and oxygen atoms in total. The van der Waals surface area contributed by atoms with Crippen LogP contribution < -0.4 is 0 Å². The molecule has 0 aromatic heterocycles. The lowest BCUT2D eigenvalue weighted by Gasteiger charge is -2.05. The van der Waals surface area contributed by atoms with Crippen molar-refractivity contribution < 1.29 is 15.0 Å². The molecule has 0 aromatic rings. The van der Waals surface area contributed by atoms with Crippen LogP contribution >= 0.6 is 0 Å². The predicted octanol–water partition coefficient (Wildman–Crippen LogP) is 0.870. The van der Waals surface area contributed by atoms with Gasteiger partial charge >= 0.3 is 5.97 Å². The molecular formula is C8H14O3. The number of aliphatic hydroxyl groups is 1. The van der Waals surface area contributed by atoms with E-state index in [1.54, 1.807) is 0 Å². The molecule has 1 fully saturated rings. The van der Waals surface area contributed by atoms with Crippen molar-refractivity contribution in [3.63, 3.8) is 0 Å². The summed E-state index contributed by atoms with van der Waals surface area (Å²) in [6.07, 6.45) is 3.13. The summed E-state index contributed by atoms with van der Waals surface area (Å²) in [7, 11) is 0. The molecule has 2 N–H and O–H groups in total. The highest BCUT2D eigenvalue weighted by atomic mass is 16.4. The second kappa shape index (κ2) is 3.72. The summed E-state index contributed by atoms with van der Waals surface area (Å²) in [6, 6.07) is 0. The van der Waals surface area contributed by atoms with Crippen molar-refractivity contribution in [3.8, 4) is 0 Å². The lowest BCUT2D eigenvalue weighted by molar-refractivity contribution is -0.138. The van der Waals surface area contributed by atoms with Crippen molar-refractivity contribution in [3.05, 3.63) is 0 Å². The highest BCUT2D eigenvalue weighted by Crippen LogP contribution is 2.32. The van der Waals surface area contributed by atoms with Crippen LogP contribution in [0.5, 0.6) is 0 Å². The van der Waals surface area contributed by atoms with Crippen molar-refractivity contribution in [2.75, 3.05) is 6.61 Å². The summed E-state index contributed by atoms with van der Waals surface area (Å²) in [5.41, 5.74) is 0. The zero-order valence-corrected chi connectivity index (χ0v) is 6.49. The van der Waals surface area contributed by atoms with Crippen molar-refractivity contribution in [1.29, 1.82) is 0 Å². The maximum atomic E-state index is 10.3. The molecule has 64 valence electrons. The summed E-state index contributed by atoms with van der Waals surface area (Å²) in [4.78, 5) is 10.3. The molecule has 0 aromatic carbocycles. The quantitative estimate of drug-likeness (QED) is 0.640. The molecule has 2 atom stereocenters. The molecule has 0 amide bonds. The molecule has 1 aliphatic carbocycles. The summed E-state index contributed by atoms with van der Waals surface area (Å²) >= 11 is 0. The molecule has 0 unspecified atom stereocenters. The van der Waals surface area contributed by atoms with Gasteiger partial charge in [0.1, 0.15) is 0 Å². The van der Waals surface area contributed by atoms with E-state index in [1.807, 2.05) is 0 Å². The number of hydrogen-bond donors (Lipinski definition) is 2. The number of aliphatic carboxylic acids is 1. The first kappa shape index (κ1) is 8.53. The van der Waals surface area contributed by atoms with Crippen LogP contribution in [0.2, 0.25) is 0 Å². The average Bonchev–Trinajstić information content (AvgIpc) is 2.34. The van der Waals surface area contributed by atoms with E-state index in [9.17, 15) is 4.79 Å². The topological polar surface area (TPSA) is 57.5 Å². The van der Waals surface area contributed by atoms with E-state index in [-0.39, 0.29) is 13.0 Å². The lowest BCUT2D eigenvalue weighted by Crippen LogP contribution is -2.05. The van der Waals surface area contributed by atoms with Crippen LogP contribution in [0.1, 0.15) is 25.7 Å². The molecule has 0 heterocycles. The summed E-state index contributed by atoms with van der Waals surface area (Å²) in [6.45, 7) is 0.218. The van der Waals surface area contributed by atoms with Crippen LogP contribution in [0.3, 0.4) is 0 Å². The smallest absolute Gasteiger partial charge is 0.303 e. The van der Waals surface area contributed by atoms with Crippen molar-refractivity contribution in [1.82, 2.24) is 0 Å². The maximum absolute atomic E-state index is 10.3. The molecule has 0 aliphatic heterocycles. The minimum absolute atomic E-state index is 0.218. The standard InChI is InChI=1S/C8H14O3/c9-5-7-2-1-6(3-7)4-8(10)11/h6-7,9H,1-5H2,(H,10,11)/t6-,7-/m1/s1. The number of rotatable bonds is 3. The molecule has 0 bridgehead atoms. The van der Waals surface area contributed by atoms with Gasteiger partial charge in [-0.15, -0.1) is 0 Å². The Morgan fingerprint density at radius 1 is 1.36 bits per heavy atom. The van der Waals surface area contributed by atoms with Crippen LogP contribution in [0.4, 0.5) is 0 Å². The lowest BCUT2D eigenvalue weighted by atomic mass is 10.0. The Morgan fingerprint density at radius 2 is 2.00 bits per heavy atom. The fourth-order valence-electron chi connectivity index (χ4n) is 1.78. The highest BCUT2D eigenvalue weighted by molar-refractivity contribution is 5.67.